The van der Waals surface area contributed by atoms with Crippen molar-refractivity contribution < 1.29 is 14.2 Å². The summed E-state index contributed by atoms with van der Waals surface area (Å²) in [5, 5.41) is 9.87. The molecule has 0 fully saturated rings. The maximum absolute atomic E-state index is 13.4. The van der Waals surface area contributed by atoms with Gasteiger partial charge in [-0.15, -0.1) is 0 Å². The van der Waals surface area contributed by atoms with Crippen LogP contribution in [0.15, 0.2) is 18.2 Å². The number of benzene rings is 1. The van der Waals surface area contributed by atoms with Crippen molar-refractivity contribution in [1.82, 2.24) is 0 Å². The maximum atomic E-state index is 13.4. The number of hydrogen-bond acceptors (Lipinski definition) is 2. The second kappa shape index (κ2) is 8.09. The molecule has 0 aliphatic rings. The molecule has 1 aromatic rings. The third-order valence-corrected chi connectivity index (χ3v) is 3.08. The minimum absolute atomic E-state index is 0.246. The molecule has 0 bridgehead atoms. The average Bonchev–Trinajstić information content (AvgIpc) is 2.35. The summed E-state index contributed by atoms with van der Waals surface area (Å²) in [5.41, 5.74) is 0.816. The molecule has 0 aliphatic heterocycles. The van der Waals surface area contributed by atoms with Crippen molar-refractivity contribution in [2.75, 3.05) is 7.11 Å². The lowest BCUT2D eigenvalue weighted by atomic mass is 10.0. The highest BCUT2D eigenvalue weighted by atomic mass is 19.1. The summed E-state index contributed by atoms with van der Waals surface area (Å²) in [6, 6.07) is 4.85. The maximum Gasteiger partial charge on any atom is 0.165 e. The Balaban J connectivity index is 2.39. The number of halogens is 1. The summed E-state index contributed by atoms with van der Waals surface area (Å²) in [6.07, 6.45) is 5.51. The zero-order chi connectivity index (χ0) is 13.4. The molecule has 1 unspecified atom stereocenters. The predicted octanol–water partition coefficient (Wildman–Crippen LogP) is 3.71. The van der Waals surface area contributed by atoms with Crippen LogP contribution in [0.25, 0.3) is 0 Å². The van der Waals surface area contributed by atoms with Gasteiger partial charge in [-0.1, -0.05) is 38.7 Å². The highest BCUT2D eigenvalue weighted by Crippen LogP contribution is 2.19. The molecule has 102 valence electrons. The Bertz CT molecular complexity index is 352. The largest absolute Gasteiger partial charge is 0.494 e. The highest BCUT2D eigenvalue weighted by molar-refractivity contribution is 5.29. The zero-order valence-electron chi connectivity index (χ0n) is 11.3. The van der Waals surface area contributed by atoms with Gasteiger partial charge in [-0.05, 0) is 30.5 Å². The van der Waals surface area contributed by atoms with Crippen LogP contribution in [-0.4, -0.2) is 18.3 Å². The van der Waals surface area contributed by atoms with E-state index in [0.29, 0.717) is 6.42 Å². The van der Waals surface area contributed by atoms with Crippen LogP contribution in [0.1, 0.15) is 44.6 Å². The fourth-order valence-corrected chi connectivity index (χ4v) is 2.02. The van der Waals surface area contributed by atoms with Crippen molar-refractivity contribution >= 4 is 0 Å². The standard InChI is InChI=1S/C15H23FO2/c1-3-4-5-6-7-13(17)10-12-8-9-15(18-2)14(16)11-12/h8-9,11,13,17H,3-7,10H2,1-2H3. The molecule has 1 atom stereocenters. The number of aliphatic hydroxyl groups is 1. The number of rotatable bonds is 8. The molecule has 0 aromatic heterocycles. The van der Waals surface area contributed by atoms with Crippen molar-refractivity contribution in [3.63, 3.8) is 0 Å². The molecule has 0 aliphatic carbocycles. The molecule has 1 rings (SSSR count). The minimum atomic E-state index is -0.380. The van der Waals surface area contributed by atoms with E-state index in [0.717, 1.165) is 24.8 Å². The Kier molecular flexibility index (Phi) is 6.73. The van der Waals surface area contributed by atoms with Crippen LogP contribution in [-0.2, 0) is 6.42 Å². The molecule has 18 heavy (non-hydrogen) atoms. The van der Waals surface area contributed by atoms with Gasteiger partial charge in [0, 0.05) is 0 Å². The van der Waals surface area contributed by atoms with Crippen molar-refractivity contribution in [2.24, 2.45) is 0 Å². The second-order valence-electron chi connectivity index (χ2n) is 4.68. The average molecular weight is 254 g/mol. The Labute approximate surface area is 109 Å². The Morgan fingerprint density at radius 1 is 1.28 bits per heavy atom. The molecular formula is C15H23FO2. The lowest BCUT2D eigenvalue weighted by Gasteiger charge is -2.11. The van der Waals surface area contributed by atoms with E-state index in [-0.39, 0.29) is 17.7 Å². The van der Waals surface area contributed by atoms with Gasteiger partial charge in [0.1, 0.15) is 0 Å². The molecule has 0 saturated carbocycles. The number of aliphatic hydroxyl groups excluding tert-OH is 1. The molecule has 2 nitrogen and oxygen atoms in total. The number of unbranched alkanes of at least 4 members (excludes halogenated alkanes) is 3. The summed E-state index contributed by atoms with van der Waals surface area (Å²) in [6.45, 7) is 2.16. The molecule has 3 heteroatoms. The van der Waals surface area contributed by atoms with E-state index < -0.39 is 0 Å². The lowest BCUT2D eigenvalue weighted by molar-refractivity contribution is 0.161. The van der Waals surface area contributed by atoms with E-state index in [4.69, 9.17) is 4.74 Å². The van der Waals surface area contributed by atoms with E-state index in [1.54, 1.807) is 12.1 Å². The summed E-state index contributed by atoms with van der Waals surface area (Å²) < 4.78 is 18.3. The smallest absolute Gasteiger partial charge is 0.165 e. The fourth-order valence-electron chi connectivity index (χ4n) is 2.02. The lowest BCUT2D eigenvalue weighted by Crippen LogP contribution is -2.10. The van der Waals surface area contributed by atoms with Gasteiger partial charge in [-0.3, -0.25) is 0 Å². The summed E-state index contributed by atoms with van der Waals surface area (Å²) in [5.74, 6) is -0.121. The Morgan fingerprint density at radius 3 is 2.67 bits per heavy atom. The monoisotopic (exact) mass is 254 g/mol. The van der Waals surface area contributed by atoms with Crippen LogP contribution in [0, 0.1) is 5.82 Å². The molecule has 0 radical (unpaired) electrons. The molecule has 0 spiro atoms. The molecular weight excluding hydrogens is 231 g/mol. The number of methoxy groups -OCH3 is 1. The van der Waals surface area contributed by atoms with Crippen LogP contribution in [0.3, 0.4) is 0 Å². The number of ether oxygens (including phenoxy) is 1. The van der Waals surface area contributed by atoms with Crippen LogP contribution >= 0.6 is 0 Å². The fraction of sp³-hybridized carbons (Fsp3) is 0.600. The van der Waals surface area contributed by atoms with Gasteiger partial charge in [-0.2, -0.15) is 0 Å². The third kappa shape index (κ3) is 5.05. The first-order valence-electron chi connectivity index (χ1n) is 6.67. The second-order valence-corrected chi connectivity index (χ2v) is 4.68. The van der Waals surface area contributed by atoms with E-state index >= 15 is 0 Å². The molecule has 0 heterocycles. The predicted molar refractivity (Wildman–Crippen MR) is 71.4 cm³/mol. The summed E-state index contributed by atoms with van der Waals surface area (Å²) >= 11 is 0. The van der Waals surface area contributed by atoms with E-state index in [2.05, 4.69) is 6.92 Å². The van der Waals surface area contributed by atoms with Gasteiger partial charge in [-0.25, -0.2) is 4.39 Å². The van der Waals surface area contributed by atoms with Crippen molar-refractivity contribution in [2.45, 2.75) is 51.6 Å². The van der Waals surface area contributed by atoms with Crippen LogP contribution in [0.2, 0.25) is 0 Å². The molecule has 0 amide bonds. The summed E-state index contributed by atoms with van der Waals surface area (Å²) in [7, 11) is 1.45. The SMILES string of the molecule is CCCCCCC(O)Cc1ccc(OC)c(F)c1. The van der Waals surface area contributed by atoms with Crippen LogP contribution in [0.4, 0.5) is 4.39 Å². The van der Waals surface area contributed by atoms with Crippen molar-refractivity contribution in [3.05, 3.63) is 29.6 Å². The van der Waals surface area contributed by atoms with Gasteiger partial charge in [0.05, 0.1) is 13.2 Å². The Hall–Kier alpha value is -1.09. The van der Waals surface area contributed by atoms with Crippen LogP contribution < -0.4 is 4.74 Å². The van der Waals surface area contributed by atoms with Gasteiger partial charge in [0.25, 0.3) is 0 Å². The van der Waals surface area contributed by atoms with Gasteiger partial charge in [0.2, 0.25) is 0 Å². The third-order valence-electron chi connectivity index (χ3n) is 3.08. The van der Waals surface area contributed by atoms with E-state index in [1.807, 2.05) is 0 Å². The Morgan fingerprint density at radius 2 is 2.06 bits per heavy atom. The molecule has 1 N–H and O–H groups in total. The normalized spacial score (nSPS) is 12.4. The first-order chi connectivity index (χ1) is 8.67. The van der Waals surface area contributed by atoms with Gasteiger partial charge in [0.15, 0.2) is 11.6 Å². The first kappa shape index (κ1) is 15.0. The molecule has 0 saturated heterocycles. The first-order valence-corrected chi connectivity index (χ1v) is 6.67. The van der Waals surface area contributed by atoms with Gasteiger partial charge >= 0.3 is 0 Å². The highest BCUT2D eigenvalue weighted by Gasteiger charge is 2.08. The minimum Gasteiger partial charge on any atom is -0.494 e. The van der Waals surface area contributed by atoms with Gasteiger partial charge < -0.3 is 9.84 Å². The topological polar surface area (TPSA) is 29.5 Å². The van der Waals surface area contributed by atoms with Crippen molar-refractivity contribution in [3.8, 4) is 5.75 Å². The zero-order valence-corrected chi connectivity index (χ0v) is 11.3. The molecule has 1 aromatic carbocycles. The van der Waals surface area contributed by atoms with Crippen molar-refractivity contribution in [1.29, 1.82) is 0 Å². The number of hydrogen-bond donors (Lipinski definition) is 1. The van der Waals surface area contributed by atoms with E-state index in [9.17, 15) is 9.50 Å². The summed E-state index contributed by atoms with van der Waals surface area (Å²) in [4.78, 5) is 0. The van der Waals surface area contributed by atoms with E-state index in [1.165, 1.54) is 26.0 Å². The quantitative estimate of drug-likeness (QED) is 0.717. The van der Waals surface area contributed by atoms with Crippen LogP contribution in [0.5, 0.6) is 5.75 Å².